The summed E-state index contributed by atoms with van der Waals surface area (Å²) >= 11 is 1.61. The number of nitrogens with one attached hydrogen (secondary N) is 2. The molecule has 2 rings (SSSR count). The van der Waals surface area contributed by atoms with Gasteiger partial charge < -0.3 is 10.1 Å². The molecule has 27 heavy (non-hydrogen) atoms. The average molecular weight is 390 g/mol. The first-order chi connectivity index (χ1) is 12.7. The zero-order valence-electron chi connectivity index (χ0n) is 16.5. The molecule has 7 heteroatoms. The topological polar surface area (TPSA) is 80.3 Å². The molecule has 0 bridgehead atoms. The van der Waals surface area contributed by atoms with Gasteiger partial charge >= 0.3 is 6.03 Å². The summed E-state index contributed by atoms with van der Waals surface area (Å²) in [5.41, 5.74) is 2.09. The number of carbonyl (C=O) groups is 2. The van der Waals surface area contributed by atoms with E-state index < -0.39 is 11.9 Å². The number of carbonyl (C=O) groups excluding carboxylic acids is 2. The lowest BCUT2D eigenvalue weighted by molar-refractivity contribution is -0.122. The van der Waals surface area contributed by atoms with Crippen molar-refractivity contribution in [2.24, 2.45) is 0 Å². The number of thiazole rings is 1. The van der Waals surface area contributed by atoms with E-state index in [1.807, 2.05) is 26.0 Å². The highest BCUT2D eigenvalue weighted by atomic mass is 32.1. The van der Waals surface area contributed by atoms with E-state index >= 15 is 0 Å². The summed E-state index contributed by atoms with van der Waals surface area (Å²) in [6.45, 7) is 10.0. The van der Waals surface area contributed by atoms with Crippen molar-refractivity contribution in [1.29, 1.82) is 0 Å². The second kappa shape index (κ2) is 8.99. The molecule has 146 valence electrons. The van der Waals surface area contributed by atoms with Crippen molar-refractivity contribution in [3.8, 4) is 16.3 Å². The van der Waals surface area contributed by atoms with Crippen LogP contribution in [0.3, 0.4) is 0 Å². The first-order valence-electron chi connectivity index (χ1n) is 8.98. The van der Waals surface area contributed by atoms with Gasteiger partial charge in [0.1, 0.15) is 10.8 Å². The monoisotopic (exact) mass is 389 g/mol. The van der Waals surface area contributed by atoms with Gasteiger partial charge in [-0.25, -0.2) is 9.78 Å². The number of urea groups is 1. The maximum absolute atomic E-state index is 11.8. The second-order valence-electron chi connectivity index (χ2n) is 7.43. The van der Waals surface area contributed by atoms with Gasteiger partial charge in [0.05, 0.1) is 5.69 Å². The zero-order valence-corrected chi connectivity index (χ0v) is 17.3. The molecule has 1 aromatic heterocycles. The van der Waals surface area contributed by atoms with Gasteiger partial charge in [-0.05, 0) is 37.6 Å². The average Bonchev–Trinajstić information content (AvgIpc) is 3.10. The summed E-state index contributed by atoms with van der Waals surface area (Å²) in [5.74, 6) is 0.0680. The molecular formula is C20H27N3O3S. The first-order valence-corrected chi connectivity index (χ1v) is 9.86. The lowest BCUT2D eigenvalue weighted by Crippen LogP contribution is -2.44. The third-order valence-corrected chi connectivity index (χ3v) is 4.88. The highest BCUT2D eigenvalue weighted by Crippen LogP contribution is 2.30. The fourth-order valence-corrected chi connectivity index (χ4v) is 3.17. The molecule has 0 radical (unpaired) electrons. The molecule has 0 aliphatic heterocycles. The summed E-state index contributed by atoms with van der Waals surface area (Å²) < 4.78 is 5.44. The van der Waals surface area contributed by atoms with E-state index in [4.69, 9.17) is 4.74 Å². The van der Waals surface area contributed by atoms with Gasteiger partial charge in [-0.3, -0.25) is 10.1 Å². The van der Waals surface area contributed by atoms with Crippen LogP contribution >= 0.6 is 11.3 Å². The van der Waals surface area contributed by atoms with Crippen LogP contribution in [0.1, 0.15) is 46.7 Å². The normalized spacial score (nSPS) is 12.3. The Hall–Kier alpha value is -2.41. The van der Waals surface area contributed by atoms with Crippen LogP contribution in [0, 0.1) is 0 Å². The molecule has 0 fully saturated rings. The minimum absolute atomic E-state index is 0.0101. The Morgan fingerprint density at radius 3 is 2.44 bits per heavy atom. The predicted molar refractivity (Wildman–Crippen MR) is 108 cm³/mol. The number of imide groups is 1. The maximum atomic E-state index is 11.8. The number of ether oxygens (including phenoxy) is 1. The van der Waals surface area contributed by atoms with Gasteiger partial charge in [0, 0.05) is 22.4 Å². The van der Waals surface area contributed by atoms with E-state index in [1.54, 1.807) is 23.5 Å². The Morgan fingerprint density at radius 1 is 1.22 bits per heavy atom. The number of hydrogen-bond acceptors (Lipinski definition) is 5. The third-order valence-electron chi connectivity index (χ3n) is 3.99. The van der Waals surface area contributed by atoms with Gasteiger partial charge in [-0.2, -0.15) is 0 Å². The summed E-state index contributed by atoms with van der Waals surface area (Å²) in [6, 6.07) is 6.91. The van der Waals surface area contributed by atoms with Crippen LogP contribution in [0.2, 0.25) is 0 Å². The summed E-state index contributed by atoms with van der Waals surface area (Å²) in [5, 5.41) is 7.94. The Bertz CT molecular complexity index is 779. The lowest BCUT2D eigenvalue weighted by Gasteiger charge is -2.14. The number of aromatic nitrogens is 1. The van der Waals surface area contributed by atoms with Crippen molar-refractivity contribution in [2.75, 3.05) is 6.61 Å². The Labute approximate surface area is 164 Å². The molecule has 1 aromatic carbocycles. The van der Waals surface area contributed by atoms with Crippen molar-refractivity contribution in [3.63, 3.8) is 0 Å². The molecule has 0 aliphatic carbocycles. The molecule has 3 amide bonds. The van der Waals surface area contributed by atoms with Crippen molar-refractivity contribution < 1.29 is 14.3 Å². The molecule has 0 aliphatic rings. The zero-order chi connectivity index (χ0) is 20.0. The maximum Gasteiger partial charge on any atom is 0.321 e. The number of benzene rings is 1. The summed E-state index contributed by atoms with van der Waals surface area (Å²) in [6.07, 6.45) is 0.792. The van der Waals surface area contributed by atoms with Gasteiger partial charge in [0.15, 0.2) is 6.61 Å². The minimum Gasteiger partial charge on any atom is -0.484 e. The smallest absolute Gasteiger partial charge is 0.321 e. The van der Waals surface area contributed by atoms with E-state index in [9.17, 15) is 9.59 Å². The molecule has 0 spiro atoms. The van der Waals surface area contributed by atoms with Gasteiger partial charge in [0.2, 0.25) is 0 Å². The lowest BCUT2D eigenvalue weighted by atomic mass is 9.93. The Balaban J connectivity index is 1.88. The largest absolute Gasteiger partial charge is 0.484 e. The van der Waals surface area contributed by atoms with Crippen molar-refractivity contribution in [2.45, 2.75) is 52.5 Å². The molecule has 0 saturated heterocycles. The van der Waals surface area contributed by atoms with Crippen molar-refractivity contribution >= 4 is 23.3 Å². The molecule has 1 atom stereocenters. The van der Waals surface area contributed by atoms with E-state index in [-0.39, 0.29) is 18.1 Å². The Kier molecular flexibility index (Phi) is 6.96. The summed E-state index contributed by atoms with van der Waals surface area (Å²) in [4.78, 5) is 28.1. The fraction of sp³-hybridized carbons (Fsp3) is 0.450. The summed E-state index contributed by atoms with van der Waals surface area (Å²) in [7, 11) is 0. The number of amides is 3. The van der Waals surface area contributed by atoms with Crippen LogP contribution in [-0.4, -0.2) is 29.6 Å². The van der Waals surface area contributed by atoms with Crippen molar-refractivity contribution in [1.82, 2.24) is 15.6 Å². The van der Waals surface area contributed by atoms with Crippen LogP contribution in [-0.2, 0) is 10.2 Å². The van der Waals surface area contributed by atoms with E-state index in [0.29, 0.717) is 5.75 Å². The minimum atomic E-state index is -0.508. The second-order valence-corrected chi connectivity index (χ2v) is 8.29. The third kappa shape index (κ3) is 6.36. The highest BCUT2D eigenvalue weighted by Gasteiger charge is 2.18. The van der Waals surface area contributed by atoms with E-state index in [1.165, 1.54) is 0 Å². The SMILES string of the molecule is CC[C@H](C)NC(=O)NC(=O)COc1ccc(-c2nc(C(C)(C)C)cs2)cc1. The first kappa shape index (κ1) is 20.9. The van der Waals surface area contributed by atoms with Crippen LogP contribution in [0.15, 0.2) is 29.6 Å². The number of nitrogens with zero attached hydrogens (tertiary/aromatic N) is 1. The van der Waals surface area contributed by atoms with Gasteiger partial charge in [0.25, 0.3) is 5.91 Å². The van der Waals surface area contributed by atoms with Crippen LogP contribution in [0.5, 0.6) is 5.75 Å². The molecule has 0 saturated carbocycles. The van der Waals surface area contributed by atoms with Crippen LogP contribution in [0.4, 0.5) is 4.79 Å². The fourth-order valence-electron chi connectivity index (χ4n) is 2.12. The van der Waals surface area contributed by atoms with E-state index in [2.05, 4.69) is 41.8 Å². The molecule has 6 nitrogen and oxygen atoms in total. The quantitative estimate of drug-likeness (QED) is 0.779. The van der Waals surface area contributed by atoms with Crippen molar-refractivity contribution in [3.05, 3.63) is 35.3 Å². The Morgan fingerprint density at radius 2 is 1.89 bits per heavy atom. The molecule has 1 heterocycles. The van der Waals surface area contributed by atoms with Gasteiger partial charge in [-0.1, -0.05) is 27.7 Å². The van der Waals surface area contributed by atoms with E-state index in [0.717, 1.165) is 22.7 Å². The predicted octanol–water partition coefficient (Wildman–Crippen LogP) is 4.11. The number of hydrogen-bond donors (Lipinski definition) is 2. The molecular weight excluding hydrogens is 362 g/mol. The standard InChI is InChI=1S/C20H27N3O3S/c1-6-13(2)21-19(25)23-17(24)11-26-15-9-7-14(8-10-15)18-22-16(12-27-18)20(3,4)5/h7-10,12-13H,6,11H2,1-5H3,(H2,21,23,24,25)/t13-/m0/s1. The van der Waals surface area contributed by atoms with Crippen LogP contribution < -0.4 is 15.4 Å². The molecule has 2 aromatic rings. The van der Waals surface area contributed by atoms with Crippen LogP contribution in [0.25, 0.3) is 10.6 Å². The molecule has 2 N–H and O–H groups in total. The highest BCUT2D eigenvalue weighted by molar-refractivity contribution is 7.13. The van der Waals surface area contributed by atoms with Gasteiger partial charge in [-0.15, -0.1) is 11.3 Å². The number of rotatable bonds is 6. The molecule has 0 unspecified atom stereocenters.